The van der Waals surface area contributed by atoms with Gasteiger partial charge in [-0.3, -0.25) is 4.99 Å². The first-order chi connectivity index (χ1) is 11.6. The molecule has 0 spiro atoms. The highest BCUT2D eigenvalue weighted by Gasteiger charge is 2.14. The number of ether oxygens (including phenoxy) is 1. The third-order valence-electron chi connectivity index (χ3n) is 3.82. The molecular formula is C18H26N4OS. The Balaban J connectivity index is 1.93. The number of thiophene rings is 1. The minimum absolute atomic E-state index is 0.246. The van der Waals surface area contributed by atoms with E-state index in [9.17, 15) is 0 Å². The highest BCUT2D eigenvalue weighted by molar-refractivity contribution is 7.09. The highest BCUT2D eigenvalue weighted by Crippen LogP contribution is 2.20. The second-order valence-electron chi connectivity index (χ2n) is 5.64. The van der Waals surface area contributed by atoms with Gasteiger partial charge in [-0.05, 0) is 43.2 Å². The van der Waals surface area contributed by atoms with Crippen LogP contribution in [-0.4, -0.2) is 45.7 Å². The predicted octanol–water partition coefficient (Wildman–Crippen LogP) is 2.72. The van der Waals surface area contributed by atoms with Crippen LogP contribution in [0.15, 0.2) is 46.8 Å². The Morgan fingerprint density at radius 3 is 2.50 bits per heavy atom. The Hall–Kier alpha value is -2.05. The molecule has 0 saturated heterocycles. The lowest BCUT2D eigenvalue weighted by atomic mass is 10.1. The number of likely N-dealkylation sites (N-methyl/N-ethyl adjacent to an activating group) is 1. The molecule has 0 fully saturated rings. The van der Waals surface area contributed by atoms with E-state index in [1.807, 2.05) is 12.1 Å². The fourth-order valence-corrected chi connectivity index (χ4v) is 3.07. The van der Waals surface area contributed by atoms with Crippen molar-refractivity contribution in [2.24, 2.45) is 4.99 Å². The van der Waals surface area contributed by atoms with E-state index in [0.29, 0.717) is 0 Å². The summed E-state index contributed by atoms with van der Waals surface area (Å²) in [5.74, 6) is 1.68. The Morgan fingerprint density at radius 2 is 1.96 bits per heavy atom. The van der Waals surface area contributed by atoms with Crippen molar-refractivity contribution in [3.05, 3.63) is 52.2 Å². The van der Waals surface area contributed by atoms with Crippen LogP contribution in [0.2, 0.25) is 0 Å². The van der Waals surface area contributed by atoms with E-state index in [0.717, 1.165) is 24.8 Å². The molecular weight excluding hydrogens is 320 g/mol. The molecule has 0 bridgehead atoms. The van der Waals surface area contributed by atoms with E-state index in [-0.39, 0.29) is 6.04 Å². The van der Waals surface area contributed by atoms with Crippen LogP contribution in [0.4, 0.5) is 0 Å². The van der Waals surface area contributed by atoms with Crippen molar-refractivity contribution in [3.63, 3.8) is 0 Å². The van der Waals surface area contributed by atoms with Crippen LogP contribution in [0, 0.1) is 0 Å². The largest absolute Gasteiger partial charge is 0.497 e. The van der Waals surface area contributed by atoms with Crippen LogP contribution < -0.4 is 15.4 Å². The molecule has 0 aliphatic heterocycles. The van der Waals surface area contributed by atoms with Crippen LogP contribution in [0.25, 0.3) is 0 Å². The zero-order chi connectivity index (χ0) is 17.4. The van der Waals surface area contributed by atoms with Crippen LogP contribution in [-0.2, 0) is 6.54 Å². The quantitative estimate of drug-likeness (QED) is 0.598. The van der Waals surface area contributed by atoms with Crippen molar-refractivity contribution in [3.8, 4) is 5.75 Å². The van der Waals surface area contributed by atoms with Gasteiger partial charge in [0.15, 0.2) is 5.96 Å². The molecule has 24 heavy (non-hydrogen) atoms. The number of benzene rings is 1. The summed E-state index contributed by atoms with van der Waals surface area (Å²) in [4.78, 5) is 7.79. The molecule has 0 amide bonds. The second kappa shape index (κ2) is 9.30. The topological polar surface area (TPSA) is 48.9 Å². The Labute approximate surface area is 148 Å². The molecule has 6 heteroatoms. The van der Waals surface area contributed by atoms with Gasteiger partial charge in [0.05, 0.1) is 19.7 Å². The smallest absolute Gasteiger partial charge is 0.191 e. The van der Waals surface area contributed by atoms with Crippen LogP contribution in [0.5, 0.6) is 5.75 Å². The van der Waals surface area contributed by atoms with Crippen LogP contribution in [0.1, 0.15) is 16.5 Å². The summed E-state index contributed by atoms with van der Waals surface area (Å²) in [6.07, 6.45) is 0. The van der Waals surface area contributed by atoms with Crippen molar-refractivity contribution in [1.82, 2.24) is 15.5 Å². The lowest BCUT2D eigenvalue weighted by molar-refractivity contribution is 0.298. The standard InChI is InChI=1S/C18H26N4OS/c1-19-18(20-12-16-6-5-11-24-16)21-13-17(22(2)3)14-7-9-15(23-4)10-8-14/h5-11,17H,12-13H2,1-4H3,(H2,19,20,21). The molecule has 0 saturated carbocycles. The number of hydrogen-bond acceptors (Lipinski definition) is 4. The third kappa shape index (κ3) is 5.25. The van der Waals surface area contributed by atoms with E-state index in [1.165, 1.54) is 10.4 Å². The SMILES string of the molecule is CN=C(NCc1cccs1)NCC(c1ccc(OC)cc1)N(C)C. The lowest BCUT2D eigenvalue weighted by Gasteiger charge is -2.26. The predicted molar refractivity (Wildman–Crippen MR) is 102 cm³/mol. The first-order valence-electron chi connectivity index (χ1n) is 7.91. The summed E-state index contributed by atoms with van der Waals surface area (Å²) in [5, 5.41) is 8.84. The van der Waals surface area contributed by atoms with Crippen molar-refractivity contribution in [1.29, 1.82) is 0 Å². The summed E-state index contributed by atoms with van der Waals surface area (Å²) in [6.45, 7) is 1.55. The summed E-state index contributed by atoms with van der Waals surface area (Å²) in [5.41, 5.74) is 1.24. The maximum atomic E-state index is 5.23. The maximum Gasteiger partial charge on any atom is 0.191 e. The number of methoxy groups -OCH3 is 1. The lowest BCUT2D eigenvalue weighted by Crippen LogP contribution is -2.41. The first kappa shape index (κ1) is 18.3. The molecule has 5 nitrogen and oxygen atoms in total. The average Bonchev–Trinajstić information content (AvgIpc) is 3.11. The van der Waals surface area contributed by atoms with E-state index in [1.54, 1.807) is 25.5 Å². The van der Waals surface area contributed by atoms with E-state index < -0.39 is 0 Å². The van der Waals surface area contributed by atoms with Gasteiger partial charge in [0, 0.05) is 18.5 Å². The summed E-state index contributed by atoms with van der Waals surface area (Å²) >= 11 is 1.74. The van der Waals surface area contributed by atoms with Crippen molar-refractivity contribution >= 4 is 17.3 Å². The summed E-state index contributed by atoms with van der Waals surface area (Å²) in [6, 6.07) is 12.6. The molecule has 0 radical (unpaired) electrons. The molecule has 2 aromatic rings. The number of hydrogen-bond donors (Lipinski definition) is 2. The van der Waals surface area contributed by atoms with Gasteiger partial charge in [-0.15, -0.1) is 11.3 Å². The second-order valence-corrected chi connectivity index (χ2v) is 6.67. The molecule has 1 atom stereocenters. The Bertz CT molecular complexity index is 623. The monoisotopic (exact) mass is 346 g/mol. The molecule has 0 aliphatic carbocycles. The molecule has 1 aromatic carbocycles. The normalized spacial score (nSPS) is 13.0. The van der Waals surface area contributed by atoms with Crippen molar-refractivity contribution in [2.45, 2.75) is 12.6 Å². The highest BCUT2D eigenvalue weighted by atomic mass is 32.1. The Morgan fingerprint density at radius 1 is 1.21 bits per heavy atom. The average molecular weight is 347 g/mol. The van der Waals surface area contributed by atoms with E-state index in [2.05, 4.69) is 64.3 Å². The van der Waals surface area contributed by atoms with Crippen LogP contribution >= 0.6 is 11.3 Å². The number of rotatable bonds is 7. The maximum absolute atomic E-state index is 5.23. The molecule has 2 rings (SSSR count). The zero-order valence-corrected chi connectivity index (χ0v) is 15.6. The minimum atomic E-state index is 0.246. The van der Waals surface area contributed by atoms with E-state index in [4.69, 9.17) is 4.74 Å². The number of nitrogens with zero attached hydrogens (tertiary/aromatic N) is 2. The third-order valence-corrected chi connectivity index (χ3v) is 4.70. The fourth-order valence-electron chi connectivity index (χ4n) is 2.42. The Kier molecular flexibility index (Phi) is 7.08. The van der Waals surface area contributed by atoms with Gasteiger partial charge in [-0.2, -0.15) is 0 Å². The first-order valence-corrected chi connectivity index (χ1v) is 8.79. The number of guanidine groups is 1. The van der Waals surface area contributed by atoms with Gasteiger partial charge in [-0.1, -0.05) is 18.2 Å². The molecule has 1 heterocycles. The number of aliphatic imine (C=N–C) groups is 1. The summed E-state index contributed by atoms with van der Waals surface area (Å²) < 4.78 is 5.23. The van der Waals surface area contributed by atoms with Gasteiger partial charge >= 0.3 is 0 Å². The van der Waals surface area contributed by atoms with Crippen molar-refractivity contribution in [2.75, 3.05) is 34.8 Å². The molecule has 1 unspecified atom stereocenters. The van der Waals surface area contributed by atoms with E-state index >= 15 is 0 Å². The molecule has 2 N–H and O–H groups in total. The van der Waals surface area contributed by atoms with Crippen molar-refractivity contribution < 1.29 is 4.74 Å². The molecule has 1 aromatic heterocycles. The van der Waals surface area contributed by atoms with Gasteiger partial charge in [0.2, 0.25) is 0 Å². The zero-order valence-electron chi connectivity index (χ0n) is 14.7. The van der Waals surface area contributed by atoms with Gasteiger partial charge < -0.3 is 20.3 Å². The summed E-state index contributed by atoms with van der Waals surface area (Å²) in [7, 11) is 7.64. The molecule has 0 aliphatic rings. The fraction of sp³-hybridized carbons (Fsp3) is 0.389. The van der Waals surface area contributed by atoms with Gasteiger partial charge in [-0.25, -0.2) is 0 Å². The van der Waals surface area contributed by atoms with Gasteiger partial charge in [0.1, 0.15) is 5.75 Å². The number of nitrogens with one attached hydrogen (secondary N) is 2. The minimum Gasteiger partial charge on any atom is -0.497 e. The van der Waals surface area contributed by atoms with Crippen LogP contribution in [0.3, 0.4) is 0 Å². The molecule has 130 valence electrons. The van der Waals surface area contributed by atoms with Gasteiger partial charge in [0.25, 0.3) is 0 Å².